The first-order valence-electron chi connectivity index (χ1n) is 11.3. The van der Waals surface area contributed by atoms with Crippen molar-refractivity contribution in [3.63, 3.8) is 0 Å². The van der Waals surface area contributed by atoms with E-state index in [4.69, 9.17) is 9.47 Å². The molecule has 3 aromatic rings. The van der Waals surface area contributed by atoms with E-state index in [1.807, 2.05) is 60.7 Å². The third-order valence-electron chi connectivity index (χ3n) is 5.33. The standard InChI is InChI=1S/C27H32N2O3S/c1-4-29(5-2)18-17-28-27(30)25-16-11-21(19-26(25)31-3)20-33-24-14-12-23(13-15-24)32-22-9-7-6-8-10-22/h6-16,19H,4-5,17-18,20H2,1-3H3,(H,28,30). The molecular formula is C27H32N2O3S. The summed E-state index contributed by atoms with van der Waals surface area (Å²) in [6, 6.07) is 23.6. The molecule has 0 aliphatic rings. The molecule has 0 bridgehead atoms. The van der Waals surface area contributed by atoms with Gasteiger partial charge in [0.15, 0.2) is 0 Å². The number of nitrogens with one attached hydrogen (secondary N) is 1. The molecule has 0 saturated heterocycles. The van der Waals surface area contributed by atoms with E-state index in [0.717, 1.165) is 47.3 Å². The SMILES string of the molecule is CCN(CC)CCNC(=O)c1ccc(CSc2ccc(Oc3ccccc3)cc2)cc1OC. The van der Waals surface area contributed by atoms with Crippen molar-refractivity contribution in [2.75, 3.05) is 33.3 Å². The van der Waals surface area contributed by atoms with Crippen LogP contribution in [0.1, 0.15) is 29.8 Å². The van der Waals surface area contributed by atoms with Gasteiger partial charge in [0.1, 0.15) is 17.2 Å². The topological polar surface area (TPSA) is 50.8 Å². The molecular weight excluding hydrogens is 432 g/mol. The Morgan fingerprint density at radius 2 is 1.64 bits per heavy atom. The Bertz CT molecular complexity index is 1010. The van der Waals surface area contributed by atoms with Gasteiger partial charge in [-0.25, -0.2) is 0 Å². The van der Waals surface area contributed by atoms with Crippen LogP contribution >= 0.6 is 11.8 Å². The van der Waals surface area contributed by atoms with E-state index in [1.165, 1.54) is 0 Å². The van der Waals surface area contributed by atoms with Crippen LogP contribution in [-0.2, 0) is 5.75 Å². The molecule has 33 heavy (non-hydrogen) atoms. The molecule has 0 unspecified atom stereocenters. The average Bonchev–Trinajstić information content (AvgIpc) is 2.86. The minimum atomic E-state index is -0.104. The summed E-state index contributed by atoms with van der Waals surface area (Å²) in [5.74, 6) is 2.90. The Balaban J connectivity index is 1.54. The second kappa shape index (κ2) is 12.9. The highest BCUT2D eigenvalue weighted by molar-refractivity contribution is 7.98. The van der Waals surface area contributed by atoms with Crippen molar-refractivity contribution in [1.29, 1.82) is 0 Å². The van der Waals surface area contributed by atoms with E-state index < -0.39 is 0 Å². The van der Waals surface area contributed by atoms with Gasteiger partial charge < -0.3 is 19.7 Å². The number of hydrogen-bond acceptors (Lipinski definition) is 5. The van der Waals surface area contributed by atoms with E-state index in [2.05, 4.69) is 36.2 Å². The van der Waals surface area contributed by atoms with E-state index in [0.29, 0.717) is 17.9 Å². The summed E-state index contributed by atoms with van der Waals surface area (Å²) in [4.78, 5) is 16.0. The molecule has 1 N–H and O–H groups in total. The van der Waals surface area contributed by atoms with Crippen LogP contribution in [-0.4, -0.2) is 44.1 Å². The quantitative estimate of drug-likeness (QED) is 0.341. The molecule has 0 aliphatic heterocycles. The summed E-state index contributed by atoms with van der Waals surface area (Å²) in [7, 11) is 1.60. The number of likely N-dealkylation sites (N-methyl/N-ethyl adjacent to an activating group) is 1. The van der Waals surface area contributed by atoms with Crippen molar-refractivity contribution >= 4 is 17.7 Å². The van der Waals surface area contributed by atoms with Crippen molar-refractivity contribution < 1.29 is 14.3 Å². The van der Waals surface area contributed by atoms with Gasteiger partial charge in [-0.15, -0.1) is 11.8 Å². The van der Waals surface area contributed by atoms with E-state index >= 15 is 0 Å². The molecule has 3 aromatic carbocycles. The molecule has 0 atom stereocenters. The first kappa shape index (κ1) is 24.7. The first-order valence-corrected chi connectivity index (χ1v) is 12.2. The van der Waals surface area contributed by atoms with Crippen molar-refractivity contribution in [2.45, 2.75) is 24.5 Å². The van der Waals surface area contributed by atoms with Gasteiger partial charge in [-0.05, 0) is 67.2 Å². The van der Waals surface area contributed by atoms with Crippen molar-refractivity contribution in [3.8, 4) is 17.2 Å². The fraction of sp³-hybridized carbons (Fsp3) is 0.296. The minimum absolute atomic E-state index is 0.104. The average molecular weight is 465 g/mol. The fourth-order valence-corrected chi connectivity index (χ4v) is 4.21. The lowest BCUT2D eigenvalue weighted by atomic mass is 10.1. The van der Waals surface area contributed by atoms with Gasteiger partial charge in [-0.1, -0.05) is 38.1 Å². The molecule has 1 amide bonds. The monoisotopic (exact) mass is 464 g/mol. The van der Waals surface area contributed by atoms with Crippen molar-refractivity contribution in [2.24, 2.45) is 0 Å². The molecule has 6 heteroatoms. The lowest BCUT2D eigenvalue weighted by Gasteiger charge is -2.18. The van der Waals surface area contributed by atoms with Crippen molar-refractivity contribution in [3.05, 3.63) is 83.9 Å². The zero-order valence-corrected chi connectivity index (χ0v) is 20.4. The van der Waals surface area contributed by atoms with Gasteiger partial charge in [0.2, 0.25) is 0 Å². The van der Waals surface area contributed by atoms with Gasteiger partial charge in [-0.3, -0.25) is 4.79 Å². The predicted octanol–water partition coefficient (Wildman–Crippen LogP) is 5.85. The summed E-state index contributed by atoms with van der Waals surface area (Å²) >= 11 is 1.73. The van der Waals surface area contributed by atoms with Gasteiger partial charge >= 0.3 is 0 Å². The summed E-state index contributed by atoms with van der Waals surface area (Å²) in [6.45, 7) is 7.65. The maximum Gasteiger partial charge on any atom is 0.255 e. The van der Waals surface area contributed by atoms with Crippen LogP contribution in [0.3, 0.4) is 0 Å². The van der Waals surface area contributed by atoms with Crippen LogP contribution in [0.2, 0.25) is 0 Å². The third kappa shape index (κ3) is 7.55. The maximum atomic E-state index is 12.6. The van der Waals surface area contributed by atoms with Gasteiger partial charge in [-0.2, -0.15) is 0 Å². The smallest absolute Gasteiger partial charge is 0.255 e. The number of hydrogen-bond donors (Lipinski definition) is 1. The fourth-order valence-electron chi connectivity index (χ4n) is 3.37. The predicted molar refractivity (Wildman–Crippen MR) is 136 cm³/mol. The normalized spacial score (nSPS) is 10.8. The summed E-state index contributed by atoms with van der Waals surface area (Å²) in [5, 5.41) is 3.00. The Morgan fingerprint density at radius 3 is 2.30 bits per heavy atom. The summed E-state index contributed by atoms with van der Waals surface area (Å²) < 4.78 is 11.4. The highest BCUT2D eigenvalue weighted by Gasteiger charge is 2.13. The molecule has 0 heterocycles. The van der Waals surface area contributed by atoms with Crippen LogP contribution in [0.5, 0.6) is 17.2 Å². The second-order valence-corrected chi connectivity index (χ2v) is 8.54. The number of ether oxygens (including phenoxy) is 2. The van der Waals surface area contributed by atoms with Crippen molar-refractivity contribution in [1.82, 2.24) is 10.2 Å². The van der Waals surface area contributed by atoms with E-state index in [-0.39, 0.29) is 5.91 Å². The van der Waals surface area contributed by atoms with E-state index in [9.17, 15) is 4.79 Å². The van der Waals surface area contributed by atoms with Crippen LogP contribution in [0.15, 0.2) is 77.7 Å². The van der Waals surface area contributed by atoms with Crippen LogP contribution in [0, 0.1) is 0 Å². The maximum absolute atomic E-state index is 12.6. The van der Waals surface area contributed by atoms with E-state index in [1.54, 1.807) is 18.9 Å². The summed E-state index contributed by atoms with van der Waals surface area (Å²) in [6.07, 6.45) is 0. The number of carbonyl (C=O) groups is 1. The molecule has 0 radical (unpaired) electrons. The van der Waals surface area contributed by atoms with Gasteiger partial charge in [0.25, 0.3) is 5.91 Å². The molecule has 0 saturated carbocycles. The highest BCUT2D eigenvalue weighted by atomic mass is 32.2. The number of rotatable bonds is 12. The first-order chi connectivity index (χ1) is 16.1. The number of para-hydroxylation sites is 1. The second-order valence-electron chi connectivity index (χ2n) is 7.49. The third-order valence-corrected chi connectivity index (χ3v) is 6.41. The molecule has 0 aromatic heterocycles. The Labute approximate surface area is 201 Å². The molecule has 0 aliphatic carbocycles. The Morgan fingerprint density at radius 1 is 0.939 bits per heavy atom. The number of thioether (sulfide) groups is 1. The molecule has 0 spiro atoms. The Hall–Kier alpha value is -2.96. The number of methoxy groups -OCH3 is 1. The van der Waals surface area contributed by atoms with Crippen LogP contribution < -0.4 is 14.8 Å². The zero-order valence-electron chi connectivity index (χ0n) is 19.5. The molecule has 0 fully saturated rings. The molecule has 174 valence electrons. The molecule has 3 rings (SSSR count). The highest BCUT2D eigenvalue weighted by Crippen LogP contribution is 2.29. The van der Waals surface area contributed by atoms with Crippen LogP contribution in [0.4, 0.5) is 0 Å². The lowest BCUT2D eigenvalue weighted by Crippen LogP contribution is -2.34. The zero-order chi connectivity index (χ0) is 23.5. The van der Waals surface area contributed by atoms with Crippen LogP contribution in [0.25, 0.3) is 0 Å². The largest absolute Gasteiger partial charge is 0.496 e. The number of amides is 1. The molecule has 5 nitrogen and oxygen atoms in total. The minimum Gasteiger partial charge on any atom is -0.496 e. The summed E-state index contributed by atoms with van der Waals surface area (Å²) in [5.41, 5.74) is 1.66. The number of carbonyl (C=O) groups excluding carboxylic acids is 1. The number of benzene rings is 3. The van der Waals surface area contributed by atoms with Gasteiger partial charge in [0.05, 0.1) is 12.7 Å². The van der Waals surface area contributed by atoms with Gasteiger partial charge in [0, 0.05) is 23.7 Å². The Kier molecular flexibility index (Phi) is 9.66. The lowest BCUT2D eigenvalue weighted by molar-refractivity contribution is 0.0946. The number of nitrogens with zero attached hydrogens (tertiary/aromatic N) is 1.